The summed E-state index contributed by atoms with van der Waals surface area (Å²) in [6.45, 7) is 9.57. The summed E-state index contributed by atoms with van der Waals surface area (Å²) in [6, 6.07) is 1.45. The van der Waals surface area contributed by atoms with Crippen molar-refractivity contribution in [3.8, 4) is 0 Å². The fourth-order valence-electron chi connectivity index (χ4n) is 4.77. The molecule has 4 atom stereocenters. The van der Waals surface area contributed by atoms with Crippen LogP contribution >= 0.6 is 0 Å². The van der Waals surface area contributed by atoms with Crippen molar-refractivity contribution in [2.75, 3.05) is 20.1 Å². The Morgan fingerprint density at radius 3 is 2.42 bits per heavy atom. The van der Waals surface area contributed by atoms with E-state index in [1.54, 1.807) is 0 Å². The lowest BCUT2D eigenvalue weighted by molar-refractivity contribution is 0.0704. The number of hydrogen-bond acceptors (Lipinski definition) is 2. The average molecular weight is 266 g/mol. The first-order valence-corrected chi connectivity index (χ1v) is 8.55. The molecule has 0 heterocycles. The van der Waals surface area contributed by atoms with Crippen molar-refractivity contribution in [2.24, 2.45) is 17.8 Å². The van der Waals surface area contributed by atoms with Crippen molar-refractivity contribution in [3.63, 3.8) is 0 Å². The molecule has 112 valence electrons. The molecule has 19 heavy (non-hydrogen) atoms. The van der Waals surface area contributed by atoms with Gasteiger partial charge in [0, 0.05) is 18.6 Å². The zero-order chi connectivity index (χ0) is 13.8. The number of likely N-dealkylation sites (N-methyl/N-ethyl adjacent to an activating group) is 2. The minimum atomic E-state index is 0.704. The normalized spacial score (nSPS) is 37.1. The van der Waals surface area contributed by atoms with Gasteiger partial charge in [0.1, 0.15) is 0 Å². The Labute approximate surface area is 120 Å². The highest BCUT2D eigenvalue weighted by atomic mass is 15.2. The summed E-state index contributed by atoms with van der Waals surface area (Å²) in [7, 11) is 2.37. The van der Waals surface area contributed by atoms with Crippen molar-refractivity contribution < 1.29 is 0 Å². The third-order valence-corrected chi connectivity index (χ3v) is 5.42. The highest BCUT2D eigenvalue weighted by Gasteiger charge is 2.36. The van der Waals surface area contributed by atoms with E-state index in [2.05, 4.69) is 38.0 Å². The van der Waals surface area contributed by atoms with E-state index < -0.39 is 0 Å². The second-order valence-corrected chi connectivity index (χ2v) is 7.30. The Kier molecular flexibility index (Phi) is 5.70. The van der Waals surface area contributed by atoms with Crippen LogP contribution in [-0.2, 0) is 0 Å². The van der Waals surface area contributed by atoms with Crippen LogP contribution in [0.5, 0.6) is 0 Å². The van der Waals surface area contributed by atoms with Crippen LogP contribution in [0.2, 0.25) is 0 Å². The molecule has 2 aliphatic rings. The van der Waals surface area contributed by atoms with Gasteiger partial charge in [0.05, 0.1) is 0 Å². The Morgan fingerprint density at radius 1 is 1.11 bits per heavy atom. The lowest BCUT2D eigenvalue weighted by Gasteiger charge is -2.45. The van der Waals surface area contributed by atoms with E-state index in [0.29, 0.717) is 6.04 Å². The van der Waals surface area contributed by atoms with Crippen LogP contribution in [0.4, 0.5) is 0 Å². The summed E-state index contributed by atoms with van der Waals surface area (Å²) >= 11 is 0. The lowest BCUT2D eigenvalue weighted by atomic mass is 9.75. The van der Waals surface area contributed by atoms with Crippen LogP contribution in [0.25, 0.3) is 0 Å². The van der Waals surface area contributed by atoms with Gasteiger partial charge in [-0.05, 0) is 57.0 Å². The van der Waals surface area contributed by atoms with Gasteiger partial charge in [0.25, 0.3) is 0 Å². The highest BCUT2D eigenvalue weighted by molar-refractivity contribution is 4.93. The number of rotatable bonds is 5. The van der Waals surface area contributed by atoms with E-state index in [9.17, 15) is 0 Å². The summed E-state index contributed by atoms with van der Waals surface area (Å²) in [5.74, 6) is 2.69. The summed E-state index contributed by atoms with van der Waals surface area (Å²) < 4.78 is 0. The smallest absolute Gasteiger partial charge is 0.0272 e. The standard InChI is InChI=1S/C17H34N2/c1-5-18-16-11-13(2)10-14(3)17(16)19(4)12-15-8-6-7-9-15/h13-18H,5-12H2,1-4H3. The Balaban J connectivity index is 1.96. The quantitative estimate of drug-likeness (QED) is 0.819. The van der Waals surface area contributed by atoms with E-state index in [-0.39, 0.29) is 0 Å². The predicted molar refractivity (Wildman–Crippen MR) is 83.4 cm³/mol. The van der Waals surface area contributed by atoms with Crippen molar-refractivity contribution >= 4 is 0 Å². The first-order chi connectivity index (χ1) is 9.11. The van der Waals surface area contributed by atoms with Gasteiger partial charge in [-0.1, -0.05) is 33.6 Å². The molecule has 2 aliphatic carbocycles. The van der Waals surface area contributed by atoms with Crippen LogP contribution in [-0.4, -0.2) is 37.1 Å². The molecular formula is C17H34N2. The van der Waals surface area contributed by atoms with Crippen molar-refractivity contribution in [3.05, 3.63) is 0 Å². The van der Waals surface area contributed by atoms with E-state index in [0.717, 1.165) is 30.3 Å². The molecule has 0 aliphatic heterocycles. The molecule has 4 unspecified atom stereocenters. The fourth-order valence-corrected chi connectivity index (χ4v) is 4.77. The first-order valence-electron chi connectivity index (χ1n) is 8.55. The fraction of sp³-hybridized carbons (Fsp3) is 1.00. The zero-order valence-electron chi connectivity index (χ0n) is 13.5. The Morgan fingerprint density at radius 2 is 1.79 bits per heavy atom. The van der Waals surface area contributed by atoms with Crippen LogP contribution in [0.3, 0.4) is 0 Å². The molecule has 0 radical (unpaired) electrons. The van der Waals surface area contributed by atoms with Gasteiger partial charge in [0.15, 0.2) is 0 Å². The second kappa shape index (κ2) is 7.08. The van der Waals surface area contributed by atoms with Crippen LogP contribution in [0, 0.1) is 17.8 Å². The minimum Gasteiger partial charge on any atom is -0.313 e. The van der Waals surface area contributed by atoms with E-state index in [4.69, 9.17) is 0 Å². The van der Waals surface area contributed by atoms with Crippen LogP contribution in [0.1, 0.15) is 59.3 Å². The molecule has 2 fully saturated rings. The first kappa shape index (κ1) is 15.3. The monoisotopic (exact) mass is 266 g/mol. The molecule has 0 spiro atoms. The average Bonchev–Trinajstić information content (AvgIpc) is 2.81. The van der Waals surface area contributed by atoms with Gasteiger partial charge >= 0.3 is 0 Å². The molecule has 0 bridgehead atoms. The van der Waals surface area contributed by atoms with Crippen LogP contribution < -0.4 is 5.32 Å². The molecule has 1 N–H and O–H groups in total. The largest absolute Gasteiger partial charge is 0.313 e. The van der Waals surface area contributed by atoms with Gasteiger partial charge in [-0.3, -0.25) is 0 Å². The lowest BCUT2D eigenvalue weighted by Crippen LogP contribution is -2.56. The predicted octanol–water partition coefficient (Wildman–Crippen LogP) is 3.52. The maximum Gasteiger partial charge on any atom is 0.0272 e. The van der Waals surface area contributed by atoms with E-state index in [1.165, 1.54) is 45.1 Å². The van der Waals surface area contributed by atoms with Crippen LogP contribution in [0.15, 0.2) is 0 Å². The van der Waals surface area contributed by atoms with E-state index in [1.807, 2.05) is 0 Å². The van der Waals surface area contributed by atoms with E-state index >= 15 is 0 Å². The highest BCUT2D eigenvalue weighted by Crippen LogP contribution is 2.33. The maximum atomic E-state index is 3.76. The van der Waals surface area contributed by atoms with Gasteiger partial charge in [-0.15, -0.1) is 0 Å². The molecule has 0 aromatic rings. The Bertz CT molecular complexity index is 260. The molecule has 2 heteroatoms. The molecule has 0 aromatic carbocycles. The maximum absolute atomic E-state index is 3.76. The number of hydrogen-bond donors (Lipinski definition) is 1. The summed E-state index contributed by atoms with van der Waals surface area (Å²) in [4.78, 5) is 2.69. The van der Waals surface area contributed by atoms with Gasteiger partial charge < -0.3 is 10.2 Å². The van der Waals surface area contributed by atoms with Crippen molar-refractivity contribution in [1.82, 2.24) is 10.2 Å². The Hall–Kier alpha value is -0.0800. The minimum absolute atomic E-state index is 0.704. The van der Waals surface area contributed by atoms with Gasteiger partial charge in [-0.25, -0.2) is 0 Å². The molecule has 0 saturated heterocycles. The van der Waals surface area contributed by atoms with Gasteiger partial charge in [0.2, 0.25) is 0 Å². The summed E-state index contributed by atoms with van der Waals surface area (Å²) in [5.41, 5.74) is 0. The number of nitrogens with one attached hydrogen (secondary N) is 1. The summed E-state index contributed by atoms with van der Waals surface area (Å²) in [6.07, 6.45) is 8.62. The third kappa shape index (κ3) is 3.95. The molecule has 0 aromatic heterocycles. The number of nitrogens with zero attached hydrogens (tertiary/aromatic N) is 1. The van der Waals surface area contributed by atoms with Crippen molar-refractivity contribution in [1.29, 1.82) is 0 Å². The summed E-state index contributed by atoms with van der Waals surface area (Å²) in [5, 5.41) is 3.76. The third-order valence-electron chi connectivity index (χ3n) is 5.42. The topological polar surface area (TPSA) is 15.3 Å². The molecular weight excluding hydrogens is 232 g/mol. The molecule has 2 saturated carbocycles. The van der Waals surface area contributed by atoms with Crippen molar-refractivity contribution in [2.45, 2.75) is 71.4 Å². The molecule has 2 nitrogen and oxygen atoms in total. The zero-order valence-corrected chi connectivity index (χ0v) is 13.5. The molecule has 0 amide bonds. The molecule has 2 rings (SSSR count). The van der Waals surface area contributed by atoms with Gasteiger partial charge in [-0.2, -0.15) is 0 Å². The second-order valence-electron chi connectivity index (χ2n) is 7.30. The SMILES string of the molecule is CCNC1CC(C)CC(C)C1N(C)CC1CCCC1.